The van der Waals surface area contributed by atoms with Crippen LogP contribution >= 0.6 is 22.7 Å². The number of thiazole rings is 1. The number of esters is 2. The molecule has 0 aliphatic rings. The smallest absolute Gasteiger partial charge is 0.341 e. The third-order valence-electron chi connectivity index (χ3n) is 4.42. The first-order chi connectivity index (χ1) is 15.4. The lowest BCUT2D eigenvalue weighted by Crippen LogP contribution is -2.23. The Bertz CT molecular complexity index is 1160. The van der Waals surface area contributed by atoms with Gasteiger partial charge in [0.15, 0.2) is 6.61 Å². The summed E-state index contributed by atoms with van der Waals surface area (Å²) in [4.78, 5) is 49.0. The molecule has 3 rings (SSSR count). The minimum atomic E-state index is -0.598. The fraction of sp³-hybridized carbons (Fsp3) is 0.273. The minimum Gasteiger partial charge on any atom is -0.462 e. The zero-order chi connectivity index (χ0) is 23.1. The van der Waals surface area contributed by atoms with E-state index in [2.05, 4.69) is 5.32 Å². The van der Waals surface area contributed by atoms with E-state index in [-0.39, 0.29) is 30.0 Å². The number of benzene rings is 1. The average Bonchev–Trinajstić information content (AvgIpc) is 3.34. The van der Waals surface area contributed by atoms with Gasteiger partial charge in [0.25, 0.3) is 5.91 Å². The molecule has 1 N–H and O–H groups in total. The zero-order valence-corrected chi connectivity index (χ0v) is 19.2. The lowest BCUT2D eigenvalue weighted by molar-refractivity contribution is -0.147. The van der Waals surface area contributed by atoms with Crippen LogP contribution < -0.4 is 10.2 Å². The van der Waals surface area contributed by atoms with E-state index in [0.29, 0.717) is 5.00 Å². The molecule has 168 valence electrons. The van der Waals surface area contributed by atoms with Crippen LogP contribution in [0.25, 0.3) is 10.4 Å². The number of aromatic nitrogens is 1. The molecule has 0 unspecified atom stereocenters. The van der Waals surface area contributed by atoms with Crippen LogP contribution in [0.1, 0.15) is 29.4 Å². The van der Waals surface area contributed by atoms with Gasteiger partial charge in [-0.25, -0.2) is 4.79 Å². The molecule has 1 aromatic carbocycles. The van der Waals surface area contributed by atoms with Crippen molar-refractivity contribution in [2.75, 3.05) is 18.5 Å². The van der Waals surface area contributed by atoms with Crippen LogP contribution in [0.4, 0.5) is 5.00 Å². The van der Waals surface area contributed by atoms with Crippen LogP contribution in [0.15, 0.2) is 46.6 Å². The molecule has 1 amide bonds. The summed E-state index contributed by atoms with van der Waals surface area (Å²) in [7, 11) is 0. The molecule has 0 atom stereocenters. The Labute approximate surface area is 192 Å². The van der Waals surface area contributed by atoms with Gasteiger partial charge in [0.05, 0.1) is 18.6 Å². The van der Waals surface area contributed by atoms with Gasteiger partial charge in [-0.05, 0) is 25.5 Å². The van der Waals surface area contributed by atoms with E-state index < -0.39 is 24.5 Å². The zero-order valence-electron chi connectivity index (χ0n) is 17.6. The molecule has 8 nitrogen and oxygen atoms in total. The van der Waals surface area contributed by atoms with Gasteiger partial charge >= 0.3 is 16.8 Å². The van der Waals surface area contributed by atoms with E-state index in [1.165, 1.54) is 15.9 Å². The van der Waals surface area contributed by atoms with Crippen LogP contribution in [0, 0.1) is 6.92 Å². The van der Waals surface area contributed by atoms with Gasteiger partial charge in [-0.2, -0.15) is 0 Å². The van der Waals surface area contributed by atoms with Crippen LogP contribution in [0.2, 0.25) is 0 Å². The van der Waals surface area contributed by atoms with Crippen molar-refractivity contribution in [3.8, 4) is 10.4 Å². The molecule has 0 aliphatic heterocycles. The third-order valence-corrected chi connectivity index (χ3v) is 6.40. The second-order valence-electron chi connectivity index (χ2n) is 6.69. The van der Waals surface area contributed by atoms with Gasteiger partial charge in [0.2, 0.25) is 0 Å². The second kappa shape index (κ2) is 10.9. The molecule has 2 aromatic heterocycles. The summed E-state index contributed by atoms with van der Waals surface area (Å²) in [5.74, 6) is -1.72. The number of carbonyl (C=O) groups is 3. The predicted octanol–water partition coefficient (Wildman–Crippen LogP) is 3.70. The molecule has 0 bridgehead atoms. The highest BCUT2D eigenvalue weighted by atomic mass is 32.1. The maximum Gasteiger partial charge on any atom is 0.341 e. The number of carbonyl (C=O) groups excluding carboxylic acids is 3. The van der Waals surface area contributed by atoms with Crippen molar-refractivity contribution in [2.45, 2.75) is 26.8 Å². The number of anilines is 1. The van der Waals surface area contributed by atoms with Crippen molar-refractivity contribution in [3.63, 3.8) is 0 Å². The van der Waals surface area contributed by atoms with E-state index in [4.69, 9.17) is 9.47 Å². The van der Waals surface area contributed by atoms with Gasteiger partial charge in [-0.15, -0.1) is 11.3 Å². The summed E-state index contributed by atoms with van der Waals surface area (Å²) in [6.45, 7) is 3.37. The number of ether oxygens (including phenoxy) is 2. The monoisotopic (exact) mass is 474 g/mol. The fourth-order valence-electron chi connectivity index (χ4n) is 2.85. The number of nitrogens with one attached hydrogen (secondary N) is 1. The van der Waals surface area contributed by atoms with Gasteiger partial charge in [0, 0.05) is 22.5 Å². The largest absolute Gasteiger partial charge is 0.462 e. The first-order valence-corrected chi connectivity index (χ1v) is 11.6. The molecule has 10 heteroatoms. The maximum atomic E-state index is 12.3. The third kappa shape index (κ3) is 5.92. The van der Waals surface area contributed by atoms with Crippen LogP contribution in [0.3, 0.4) is 0 Å². The van der Waals surface area contributed by atoms with Crippen molar-refractivity contribution >= 4 is 45.5 Å². The van der Waals surface area contributed by atoms with Crippen molar-refractivity contribution in [1.29, 1.82) is 0 Å². The lowest BCUT2D eigenvalue weighted by Gasteiger charge is -2.08. The SMILES string of the molecule is CCOC(=O)c1cc(-c2ccccc2)sc1NC(=O)COC(=O)CCn1c(C)csc1=O. The fourth-order valence-corrected chi connectivity index (χ4v) is 4.68. The first kappa shape index (κ1) is 23.4. The van der Waals surface area contributed by atoms with E-state index in [9.17, 15) is 19.2 Å². The molecule has 0 radical (unpaired) electrons. The van der Waals surface area contributed by atoms with E-state index in [0.717, 1.165) is 27.5 Å². The molecule has 0 fully saturated rings. The van der Waals surface area contributed by atoms with Crippen molar-refractivity contribution in [3.05, 3.63) is 62.7 Å². The Balaban J connectivity index is 1.62. The summed E-state index contributed by atoms with van der Waals surface area (Å²) < 4.78 is 11.6. The topological polar surface area (TPSA) is 104 Å². The predicted molar refractivity (Wildman–Crippen MR) is 123 cm³/mol. The van der Waals surface area contributed by atoms with Crippen LogP contribution in [0.5, 0.6) is 0 Å². The van der Waals surface area contributed by atoms with Gasteiger partial charge in [0.1, 0.15) is 5.00 Å². The number of rotatable bonds is 9. The summed E-state index contributed by atoms with van der Waals surface area (Å²) in [6, 6.07) is 11.1. The lowest BCUT2D eigenvalue weighted by atomic mass is 10.1. The number of hydrogen-bond acceptors (Lipinski definition) is 8. The summed E-state index contributed by atoms with van der Waals surface area (Å²) in [6.07, 6.45) is -0.0318. The molecular formula is C22H22N2O6S2. The Morgan fingerprint density at radius 1 is 1.12 bits per heavy atom. The Morgan fingerprint density at radius 3 is 2.53 bits per heavy atom. The number of amides is 1. The molecule has 32 heavy (non-hydrogen) atoms. The molecule has 2 heterocycles. The van der Waals surface area contributed by atoms with Gasteiger partial charge in [-0.1, -0.05) is 41.7 Å². The van der Waals surface area contributed by atoms with E-state index in [1.54, 1.807) is 25.3 Å². The number of hydrogen-bond donors (Lipinski definition) is 1. The van der Waals surface area contributed by atoms with Crippen molar-refractivity contribution in [1.82, 2.24) is 4.57 Å². The summed E-state index contributed by atoms with van der Waals surface area (Å²) in [5.41, 5.74) is 1.90. The highest BCUT2D eigenvalue weighted by Crippen LogP contribution is 2.35. The summed E-state index contributed by atoms with van der Waals surface area (Å²) >= 11 is 2.30. The highest BCUT2D eigenvalue weighted by Gasteiger charge is 2.20. The number of nitrogens with zero attached hydrogens (tertiary/aromatic N) is 1. The first-order valence-electron chi connectivity index (χ1n) is 9.85. The highest BCUT2D eigenvalue weighted by molar-refractivity contribution is 7.20. The van der Waals surface area contributed by atoms with Crippen LogP contribution in [-0.4, -0.2) is 35.6 Å². The molecular weight excluding hydrogens is 452 g/mol. The Morgan fingerprint density at radius 2 is 1.88 bits per heavy atom. The molecule has 0 saturated heterocycles. The van der Waals surface area contributed by atoms with E-state index in [1.807, 2.05) is 30.3 Å². The average molecular weight is 475 g/mol. The summed E-state index contributed by atoms with van der Waals surface area (Å²) in [5, 5.41) is 4.67. The Hall–Kier alpha value is -3.24. The minimum absolute atomic E-state index is 0.0318. The second-order valence-corrected chi connectivity index (χ2v) is 8.57. The number of aryl methyl sites for hydroxylation is 1. The van der Waals surface area contributed by atoms with Gasteiger partial charge < -0.3 is 19.4 Å². The maximum absolute atomic E-state index is 12.3. The molecule has 3 aromatic rings. The van der Waals surface area contributed by atoms with Crippen molar-refractivity contribution in [2.24, 2.45) is 0 Å². The standard InChI is InChI=1S/C22H22N2O6S2/c1-3-29-21(27)16-11-17(15-7-5-4-6-8-15)32-20(16)23-18(25)12-30-19(26)9-10-24-14(2)13-31-22(24)28/h4-8,11,13H,3,9-10,12H2,1-2H3,(H,23,25). The Kier molecular flexibility index (Phi) is 7.96. The molecule has 0 saturated carbocycles. The van der Waals surface area contributed by atoms with Crippen LogP contribution in [-0.2, 0) is 25.6 Å². The van der Waals surface area contributed by atoms with Crippen molar-refractivity contribution < 1.29 is 23.9 Å². The normalized spacial score (nSPS) is 10.6. The van der Waals surface area contributed by atoms with Gasteiger partial charge in [-0.3, -0.25) is 14.4 Å². The molecule has 0 aliphatic carbocycles. The van der Waals surface area contributed by atoms with E-state index >= 15 is 0 Å². The number of thiophene rings is 1. The molecule has 0 spiro atoms. The quantitative estimate of drug-likeness (QED) is 0.475.